The molecule has 0 saturated carbocycles. The predicted molar refractivity (Wildman–Crippen MR) is 59.0 cm³/mol. The zero-order valence-electron chi connectivity index (χ0n) is 9.25. The van der Waals surface area contributed by atoms with E-state index in [4.69, 9.17) is 9.47 Å². The van der Waals surface area contributed by atoms with Gasteiger partial charge in [-0.25, -0.2) is 0 Å². The second kappa shape index (κ2) is 9.30. The van der Waals surface area contributed by atoms with E-state index in [9.17, 15) is 0 Å². The molecule has 0 atom stereocenters. The maximum atomic E-state index is 5.18. The molecule has 4 heteroatoms. The summed E-state index contributed by atoms with van der Waals surface area (Å²) in [4.78, 5) is 0. The Balaban J connectivity index is 0. The molecule has 0 aliphatic carbocycles. The van der Waals surface area contributed by atoms with Crippen LogP contribution in [0.4, 0.5) is 0 Å². The molecule has 15 heavy (non-hydrogen) atoms. The van der Waals surface area contributed by atoms with Gasteiger partial charge >= 0.3 is 23.1 Å². The summed E-state index contributed by atoms with van der Waals surface area (Å²) in [5, 5.41) is 0. The molecule has 0 aliphatic rings. The maximum Gasteiger partial charge on any atom is 2.00 e. The van der Waals surface area contributed by atoms with Crippen molar-refractivity contribution < 1.29 is 26.5 Å². The van der Waals surface area contributed by atoms with E-state index in [1.54, 1.807) is 14.2 Å². The third-order valence-electron chi connectivity index (χ3n) is 1.91. The summed E-state index contributed by atoms with van der Waals surface area (Å²) in [6.45, 7) is 3.81. The summed E-state index contributed by atoms with van der Waals surface area (Å²) in [5.74, 6) is 1.56. The van der Waals surface area contributed by atoms with Gasteiger partial charge < -0.3 is 33.4 Å². The van der Waals surface area contributed by atoms with Crippen LogP contribution in [0.25, 0.3) is 0 Å². The SMILES string of the molecule is [Br-].[CH2-]CCc1ccc(OC)c(OC)c1.[Mg+2]. The fourth-order valence-electron chi connectivity index (χ4n) is 1.24. The number of ether oxygens (including phenoxy) is 2. The van der Waals surface area contributed by atoms with Gasteiger partial charge in [-0.05, 0) is 17.7 Å². The van der Waals surface area contributed by atoms with Crippen molar-refractivity contribution >= 4 is 23.1 Å². The second-order valence-corrected chi connectivity index (χ2v) is 2.79. The van der Waals surface area contributed by atoms with Gasteiger partial charge in [0.2, 0.25) is 0 Å². The first-order valence-corrected chi connectivity index (χ1v) is 4.32. The van der Waals surface area contributed by atoms with Crippen molar-refractivity contribution in [3.8, 4) is 11.5 Å². The average molecular weight is 283 g/mol. The minimum Gasteiger partial charge on any atom is -1.00 e. The predicted octanol–water partition coefficient (Wildman–Crippen LogP) is -0.906. The molecule has 0 fully saturated rings. The van der Waals surface area contributed by atoms with E-state index in [1.165, 1.54) is 5.56 Å². The van der Waals surface area contributed by atoms with E-state index < -0.39 is 0 Å². The normalized spacial score (nSPS) is 8.47. The third-order valence-corrected chi connectivity index (χ3v) is 1.91. The van der Waals surface area contributed by atoms with Gasteiger partial charge in [0.15, 0.2) is 11.5 Å². The summed E-state index contributed by atoms with van der Waals surface area (Å²) >= 11 is 0. The van der Waals surface area contributed by atoms with Crippen molar-refractivity contribution in [1.29, 1.82) is 0 Å². The second-order valence-electron chi connectivity index (χ2n) is 2.79. The summed E-state index contributed by atoms with van der Waals surface area (Å²) in [6.07, 6.45) is 1.87. The molecule has 0 unspecified atom stereocenters. The molecule has 0 bridgehead atoms. The third kappa shape index (κ3) is 5.09. The Morgan fingerprint density at radius 1 is 1.13 bits per heavy atom. The molecule has 0 spiro atoms. The van der Waals surface area contributed by atoms with Crippen molar-refractivity contribution in [3.05, 3.63) is 30.7 Å². The Bertz CT molecular complexity index is 279. The standard InChI is InChI=1S/C11H15O2.BrH.Mg/c1-4-5-9-6-7-10(12-2)11(8-9)13-3;;/h6-8H,1,4-5H2,2-3H3;1H;/q-1;;+2/p-1. The smallest absolute Gasteiger partial charge is 1.00 e. The summed E-state index contributed by atoms with van der Waals surface area (Å²) in [7, 11) is 3.28. The minimum atomic E-state index is 0. The molecule has 1 aromatic carbocycles. The summed E-state index contributed by atoms with van der Waals surface area (Å²) < 4.78 is 10.3. The first kappa shape index (κ1) is 17.5. The van der Waals surface area contributed by atoms with Crippen LogP contribution in [0.1, 0.15) is 12.0 Å². The number of methoxy groups -OCH3 is 2. The molecule has 2 nitrogen and oxygen atoms in total. The van der Waals surface area contributed by atoms with E-state index in [1.807, 2.05) is 18.2 Å². The van der Waals surface area contributed by atoms with Gasteiger partial charge in [-0.15, -0.1) is 0 Å². The number of hydrogen-bond donors (Lipinski definition) is 0. The van der Waals surface area contributed by atoms with E-state index in [2.05, 4.69) is 6.92 Å². The first-order chi connectivity index (χ1) is 6.31. The van der Waals surface area contributed by atoms with Crippen LogP contribution >= 0.6 is 0 Å². The fourth-order valence-corrected chi connectivity index (χ4v) is 1.24. The van der Waals surface area contributed by atoms with Crippen LogP contribution in [0.5, 0.6) is 11.5 Å². The number of rotatable bonds is 4. The van der Waals surface area contributed by atoms with Crippen LogP contribution in [0.15, 0.2) is 18.2 Å². The van der Waals surface area contributed by atoms with Gasteiger partial charge in [-0.1, -0.05) is 12.5 Å². The van der Waals surface area contributed by atoms with Gasteiger partial charge in [-0.3, -0.25) is 0 Å². The molecule has 1 rings (SSSR count). The first-order valence-electron chi connectivity index (χ1n) is 4.32. The molecule has 0 saturated heterocycles. The van der Waals surface area contributed by atoms with E-state index >= 15 is 0 Å². The van der Waals surface area contributed by atoms with Crippen LogP contribution in [-0.2, 0) is 6.42 Å². The Morgan fingerprint density at radius 3 is 2.20 bits per heavy atom. The van der Waals surface area contributed by atoms with Crippen LogP contribution in [0.3, 0.4) is 0 Å². The largest absolute Gasteiger partial charge is 2.00 e. The minimum absolute atomic E-state index is 0. The van der Waals surface area contributed by atoms with E-state index in [0.29, 0.717) is 0 Å². The molecular formula is C11H15BrMgO2. The molecule has 0 N–H and O–H groups in total. The Morgan fingerprint density at radius 2 is 1.73 bits per heavy atom. The van der Waals surface area contributed by atoms with Crippen LogP contribution in [0.2, 0.25) is 0 Å². The molecule has 80 valence electrons. The van der Waals surface area contributed by atoms with Crippen LogP contribution in [0, 0.1) is 6.92 Å². The topological polar surface area (TPSA) is 18.5 Å². The van der Waals surface area contributed by atoms with Gasteiger partial charge in [0.05, 0.1) is 14.2 Å². The molecule has 0 heterocycles. The number of halogens is 1. The number of benzene rings is 1. The number of aryl methyl sites for hydroxylation is 1. The Hall–Kier alpha value is 0.0662. The van der Waals surface area contributed by atoms with Gasteiger partial charge in [-0.2, -0.15) is 6.42 Å². The molecule has 0 aromatic heterocycles. The fraction of sp³-hybridized carbons (Fsp3) is 0.364. The van der Waals surface area contributed by atoms with Crippen molar-refractivity contribution in [2.75, 3.05) is 14.2 Å². The van der Waals surface area contributed by atoms with E-state index in [0.717, 1.165) is 24.3 Å². The monoisotopic (exact) mass is 282 g/mol. The van der Waals surface area contributed by atoms with E-state index in [-0.39, 0.29) is 40.0 Å². The maximum absolute atomic E-state index is 5.18. The van der Waals surface area contributed by atoms with Gasteiger partial charge in [0.25, 0.3) is 0 Å². The quantitative estimate of drug-likeness (QED) is 0.526. The molecule has 0 amide bonds. The molecule has 0 radical (unpaired) electrons. The summed E-state index contributed by atoms with van der Waals surface area (Å²) in [6, 6.07) is 5.94. The Labute approximate surface area is 118 Å². The van der Waals surface area contributed by atoms with Crippen molar-refractivity contribution in [2.45, 2.75) is 12.8 Å². The molecule has 0 aliphatic heterocycles. The molecule has 1 aromatic rings. The zero-order chi connectivity index (χ0) is 9.68. The van der Waals surface area contributed by atoms with Crippen molar-refractivity contribution in [2.24, 2.45) is 0 Å². The van der Waals surface area contributed by atoms with Crippen molar-refractivity contribution in [1.82, 2.24) is 0 Å². The molecular weight excluding hydrogens is 268 g/mol. The Kier molecular flexibility index (Phi) is 10.8. The van der Waals surface area contributed by atoms with Crippen LogP contribution < -0.4 is 26.5 Å². The number of hydrogen-bond acceptors (Lipinski definition) is 2. The van der Waals surface area contributed by atoms with Crippen molar-refractivity contribution in [3.63, 3.8) is 0 Å². The van der Waals surface area contributed by atoms with Crippen LogP contribution in [-0.4, -0.2) is 37.3 Å². The van der Waals surface area contributed by atoms with Gasteiger partial charge in [0.1, 0.15) is 0 Å². The summed E-state index contributed by atoms with van der Waals surface area (Å²) in [5.41, 5.74) is 1.23. The average Bonchev–Trinajstić information content (AvgIpc) is 2.18. The zero-order valence-corrected chi connectivity index (χ0v) is 12.3. The van der Waals surface area contributed by atoms with Gasteiger partial charge in [0, 0.05) is 0 Å².